The molecule has 3 N–H and O–H groups in total. The van der Waals surface area contributed by atoms with E-state index in [1.165, 1.54) is 5.56 Å². The lowest BCUT2D eigenvalue weighted by atomic mass is 10.0. The largest absolute Gasteiger partial charge is 0.370 e. The molecule has 1 aliphatic carbocycles. The molecule has 1 aliphatic heterocycles. The average Bonchev–Trinajstić information content (AvgIpc) is 3.23. The van der Waals surface area contributed by atoms with Crippen LogP contribution in [0.15, 0.2) is 78.2 Å². The highest BCUT2D eigenvalue weighted by Gasteiger charge is 2.25. The number of nitrogens with one attached hydrogen (secondary N) is 3. The average molecular weight is 423 g/mol. The first-order chi connectivity index (χ1) is 14.7. The van der Waals surface area contributed by atoms with E-state index in [1.807, 2.05) is 30.5 Å². The monoisotopic (exact) mass is 422 g/mol. The van der Waals surface area contributed by atoms with Crippen LogP contribution in [0.2, 0.25) is 0 Å². The van der Waals surface area contributed by atoms with Gasteiger partial charge < -0.3 is 16.0 Å². The van der Waals surface area contributed by atoms with E-state index >= 15 is 0 Å². The Kier molecular flexibility index (Phi) is 6.74. The van der Waals surface area contributed by atoms with Crippen molar-refractivity contribution in [2.45, 2.75) is 30.9 Å². The van der Waals surface area contributed by atoms with Crippen LogP contribution >= 0.6 is 11.8 Å². The van der Waals surface area contributed by atoms with Gasteiger partial charge in [-0.1, -0.05) is 42.5 Å². The van der Waals surface area contributed by atoms with Gasteiger partial charge in [-0.25, -0.2) is 9.37 Å². The van der Waals surface area contributed by atoms with Gasteiger partial charge in [-0.3, -0.25) is 0 Å². The van der Waals surface area contributed by atoms with Crippen LogP contribution in [0.25, 0.3) is 5.70 Å². The highest BCUT2D eigenvalue weighted by Crippen LogP contribution is 2.30. The van der Waals surface area contributed by atoms with E-state index in [4.69, 9.17) is 0 Å². The molecule has 4 rings (SSSR count). The first-order valence-electron chi connectivity index (χ1n) is 10.3. The summed E-state index contributed by atoms with van der Waals surface area (Å²) in [6.45, 7) is 0.863. The second-order valence-electron chi connectivity index (χ2n) is 7.37. The Labute approximate surface area is 181 Å². The number of aromatic nitrogens is 1. The quantitative estimate of drug-likeness (QED) is 0.531. The maximum atomic E-state index is 13.5. The van der Waals surface area contributed by atoms with Gasteiger partial charge in [0.15, 0.2) is 0 Å². The number of rotatable bonds is 8. The number of pyridine rings is 1. The summed E-state index contributed by atoms with van der Waals surface area (Å²) in [7, 11) is 0. The molecule has 0 radical (unpaired) electrons. The summed E-state index contributed by atoms with van der Waals surface area (Å²) in [4.78, 5) is 4.48. The van der Waals surface area contributed by atoms with Crippen LogP contribution in [-0.2, 0) is 6.42 Å². The molecule has 4 nitrogen and oxygen atoms in total. The number of halogens is 1. The molecule has 2 aromatic rings. The zero-order valence-electron chi connectivity index (χ0n) is 17.1. The molecule has 1 aromatic carbocycles. The Morgan fingerprint density at radius 1 is 1.17 bits per heavy atom. The van der Waals surface area contributed by atoms with Gasteiger partial charge in [0.25, 0.3) is 0 Å². The van der Waals surface area contributed by atoms with Crippen LogP contribution < -0.4 is 16.0 Å². The van der Waals surface area contributed by atoms with Crippen LogP contribution in [0.3, 0.4) is 0 Å². The zero-order chi connectivity index (χ0) is 20.8. The third kappa shape index (κ3) is 5.05. The maximum absolute atomic E-state index is 13.5. The Balaban J connectivity index is 1.45. The first-order valence-corrected chi connectivity index (χ1v) is 11.6. The standard InChI is InChI=1S/C24H27FN4S/c1-30-24-28-22(18-9-11-20(25)12-10-18)23(29-24)19-13-15-27-21(16-19)26-14-5-8-17-6-3-2-4-7-17/h2-4,6-7,9-11,13,15-16,20,24,28-29H,5,8,12,14H2,1H3,(H,26,27). The molecule has 2 unspecified atom stereocenters. The van der Waals surface area contributed by atoms with E-state index < -0.39 is 6.17 Å². The van der Waals surface area contributed by atoms with Crippen molar-refractivity contribution in [1.82, 2.24) is 15.6 Å². The summed E-state index contributed by atoms with van der Waals surface area (Å²) in [5.41, 5.74) is 5.56. The number of allylic oxidation sites excluding steroid dienone is 3. The molecule has 1 aromatic heterocycles. The fraction of sp³-hybridized carbons (Fsp3) is 0.292. The topological polar surface area (TPSA) is 49.0 Å². The van der Waals surface area contributed by atoms with Crippen molar-refractivity contribution in [3.8, 4) is 0 Å². The highest BCUT2D eigenvalue weighted by atomic mass is 32.2. The normalized spacial score (nSPS) is 20.5. The maximum Gasteiger partial charge on any atom is 0.145 e. The predicted octanol–water partition coefficient (Wildman–Crippen LogP) is 4.86. The molecule has 0 spiro atoms. The number of nitrogens with zero attached hydrogens (tertiary/aromatic N) is 1. The fourth-order valence-electron chi connectivity index (χ4n) is 3.63. The van der Waals surface area contributed by atoms with Crippen molar-refractivity contribution >= 4 is 23.3 Å². The lowest BCUT2D eigenvalue weighted by Crippen LogP contribution is -2.29. The molecule has 2 aliphatic rings. The molecular formula is C24H27FN4S. The Hall–Kier alpha value is -2.73. The van der Waals surface area contributed by atoms with Crippen molar-refractivity contribution in [2.75, 3.05) is 18.1 Å². The number of hydrogen-bond acceptors (Lipinski definition) is 5. The molecule has 0 amide bonds. The van der Waals surface area contributed by atoms with Crippen molar-refractivity contribution < 1.29 is 4.39 Å². The van der Waals surface area contributed by atoms with E-state index in [2.05, 4.69) is 57.5 Å². The van der Waals surface area contributed by atoms with Crippen LogP contribution in [0.5, 0.6) is 0 Å². The minimum Gasteiger partial charge on any atom is -0.370 e. The lowest BCUT2D eigenvalue weighted by molar-refractivity contribution is 0.400. The van der Waals surface area contributed by atoms with Crippen molar-refractivity contribution in [2.24, 2.45) is 0 Å². The Morgan fingerprint density at radius 3 is 2.77 bits per heavy atom. The van der Waals surface area contributed by atoms with Gasteiger partial charge in [0.2, 0.25) is 0 Å². The second kappa shape index (κ2) is 9.85. The fourth-order valence-corrected chi connectivity index (χ4v) is 4.10. The number of alkyl halides is 1. The van der Waals surface area contributed by atoms with Gasteiger partial charge in [-0.2, -0.15) is 0 Å². The number of hydrogen-bond donors (Lipinski definition) is 3. The van der Waals surface area contributed by atoms with Gasteiger partial charge in [0.1, 0.15) is 17.5 Å². The molecule has 2 heterocycles. The zero-order valence-corrected chi connectivity index (χ0v) is 17.9. The number of anilines is 1. The third-order valence-electron chi connectivity index (χ3n) is 5.21. The number of thioether (sulfide) groups is 1. The number of aryl methyl sites for hydroxylation is 1. The van der Waals surface area contributed by atoms with E-state index in [-0.39, 0.29) is 5.50 Å². The molecule has 0 bridgehead atoms. The Bertz CT molecular complexity index is 955. The summed E-state index contributed by atoms with van der Waals surface area (Å²) in [5.74, 6) is 0.860. The summed E-state index contributed by atoms with van der Waals surface area (Å²) in [6, 6.07) is 14.6. The SMILES string of the molecule is CSC1NC(C2=CCC(F)C=C2)=C(c2ccnc(NCCCc3ccccc3)c2)N1. The summed E-state index contributed by atoms with van der Waals surface area (Å²) >= 11 is 1.70. The highest BCUT2D eigenvalue weighted by molar-refractivity contribution is 7.99. The van der Waals surface area contributed by atoms with Gasteiger partial charge in [-0.15, -0.1) is 11.8 Å². The van der Waals surface area contributed by atoms with Crippen LogP contribution in [0.4, 0.5) is 10.2 Å². The second-order valence-corrected chi connectivity index (χ2v) is 8.31. The summed E-state index contributed by atoms with van der Waals surface area (Å²) in [5, 5.41) is 10.5. The smallest absolute Gasteiger partial charge is 0.145 e. The molecule has 0 saturated carbocycles. The van der Waals surface area contributed by atoms with E-state index in [0.717, 1.165) is 47.7 Å². The minimum absolute atomic E-state index is 0.0860. The van der Waals surface area contributed by atoms with Gasteiger partial charge >= 0.3 is 0 Å². The molecule has 30 heavy (non-hydrogen) atoms. The Morgan fingerprint density at radius 2 is 2.00 bits per heavy atom. The van der Waals surface area contributed by atoms with Gasteiger partial charge in [0, 0.05) is 24.7 Å². The predicted molar refractivity (Wildman–Crippen MR) is 125 cm³/mol. The third-order valence-corrected chi connectivity index (χ3v) is 5.92. The van der Waals surface area contributed by atoms with Crippen molar-refractivity contribution in [1.29, 1.82) is 0 Å². The van der Waals surface area contributed by atoms with E-state index in [0.29, 0.717) is 6.42 Å². The number of benzene rings is 1. The summed E-state index contributed by atoms with van der Waals surface area (Å²) < 4.78 is 13.5. The van der Waals surface area contributed by atoms with Gasteiger partial charge in [0.05, 0.1) is 11.4 Å². The van der Waals surface area contributed by atoms with Crippen LogP contribution in [0.1, 0.15) is 24.0 Å². The van der Waals surface area contributed by atoms with E-state index in [9.17, 15) is 4.39 Å². The lowest BCUT2D eigenvalue weighted by Gasteiger charge is -2.14. The van der Waals surface area contributed by atoms with E-state index in [1.54, 1.807) is 17.8 Å². The summed E-state index contributed by atoms with van der Waals surface area (Å²) in [6.07, 6.45) is 10.9. The molecular weight excluding hydrogens is 395 g/mol. The van der Waals surface area contributed by atoms with Crippen molar-refractivity contribution in [3.05, 3.63) is 89.3 Å². The molecule has 0 saturated heterocycles. The molecule has 6 heteroatoms. The molecule has 156 valence electrons. The van der Waals surface area contributed by atoms with Crippen LogP contribution in [0, 0.1) is 0 Å². The first kappa shape index (κ1) is 20.5. The van der Waals surface area contributed by atoms with Gasteiger partial charge in [-0.05, 0) is 48.4 Å². The van der Waals surface area contributed by atoms with Crippen LogP contribution in [-0.4, -0.2) is 29.5 Å². The molecule has 2 atom stereocenters. The van der Waals surface area contributed by atoms with Crippen molar-refractivity contribution in [3.63, 3.8) is 0 Å². The molecule has 0 fully saturated rings. The minimum atomic E-state index is -0.892.